The molecule has 1 aromatic carbocycles. The maximum Gasteiger partial charge on any atom is 0.141 e. The van der Waals surface area contributed by atoms with Gasteiger partial charge in [-0.15, -0.1) is 0 Å². The number of anilines is 1. The molecule has 4 N–H and O–H groups in total. The van der Waals surface area contributed by atoms with Crippen LogP contribution in [0, 0.1) is 5.82 Å². The monoisotopic (exact) mass is 259 g/mol. The van der Waals surface area contributed by atoms with Gasteiger partial charge in [-0.2, -0.15) is 0 Å². The minimum atomic E-state index is -0.439. The molecular formula is C12H19ClFN3. The van der Waals surface area contributed by atoms with Crippen LogP contribution in [0.2, 0.25) is 5.02 Å². The zero-order chi connectivity index (χ0) is 12.7. The molecule has 1 aliphatic heterocycles. The first-order chi connectivity index (χ1) is 8.13. The molecule has 0 saturated carbocycles. The van der Waals surface area contributed by atoms with Crippen LogP contribution in [0.25, 0.3) is 0 Å². The molecule has 0 aromatic heterocycles. The lowest BCUT2D eigenvalue weighted by molar-refractivity contribution is 0.349. The average molecular weight is 260 g/mol. The van der Waals surface area contributed by atoms with Crippen LogP contribution in [-0.4, -0.2) is 31.1 Å². The van der Waals surface area contributed by atoms with Gasteiger partial charge >= 0.3 is 0 Å². The fourth-order valence-corrected chi connectivity index (χ4v) is 1.89. The molecule has 0 bridgehead atoms. The molecular weight excluding hydrogens is 241 g/mol. The molecule has 1 aliphatic rings. The Morgan fingerprint density at radius 2 is 1.94 bits per heavy atom. The lowest BCUT2D eigenvalue weighted by atomic mass is 10.3. The van der Waals surface area contributed by atoms with Gasteiger partial charge in [0, 0.05) is 18.8 Å². The first kappa shape index (κ1) is 14.2. The lowest BCUT2D eigenvalue weighted by Crippen LogP contribution is -2.26. The van der Waals surface area contributed by atoms with E-state index in [2.05, 4.69) is 4.90 Å². The van der Waals surface area contributed by atoms with Gasteiger partial charge in [0.15, 0.2) is 0 Å². The Hall–Kier alpha value is -0.840. The molecule has 2 rings (SSSR count). The Morgan fingerprint density at radius 1 is 1.29 bits per heavy atom. The maximum absolute atomic E-state index is 12.3. The summed E-state index contributed by atoms with van der Waals surface area (Å²) in [7, 11) is 0. The summed E-state index contributed by atoms with van der Waals surface area (Å²) >= 11 is 5.36. The van der Waals surface area contributed by atoms with Crippen LogP contribution >= 0.6 is 11.6 Å². The van der Waals surface area contributed by atoms with E-state index in [4.69, 9.17) is 23.1 Å². The van der Waals surface area contributed by atoms with Gasteiger partial charge in [0.25, 0.3) is 0 Å². The summed E-state index contributed by atoms with van der Waals surface area (Å²) in [5.41, 5.74) is 11.1. The highest BCUT2D eigenvalue weighted by atomic mass is 35.5. The molecule has 1 fully saturated rings. The SMILES string of the molecule is NCCN1CCCC1.Nc1ccc(F)c(Cl)c1. The van der Waals surface area contributed by atoms with Gasteiger partial charge < -0.3 is 16.4 Å². The van der Waals surface area contributed by atoms with Crippen molar-refractivity contribution in [2.24, 2.45) is 5.73 Å². The molecule has 0 aliphatic carbocycles. The van der Waals surface area contributed by atoms with E-state index in [-0.39, 0.29) is 5.02 Å². The van der Waals surface area contributed by atoms with Crippen LogP contribution < -0.4 is 11.5 Å². The van der Waals surface area contributed by atoms with E-state index in [0.29, 0.717) is 5.69 Å². The zero-order valence-electron chi connectivity index (χ0n) is 9.83. The summed E-state index contributed by atoms with van der Waals surface area (Å²) in [6.07, 6.45) is 2.75. The maximum atomic E-state index is 12.3. The molecule has 0 unspecified atom stereocenters. The van der Waals surface area contributed by atoms with Crippen LogP contribution in [-0.2, 0) is 0 Å². The summed E-state index contributed by atoms with van der Waals surface area (Å²) < 4.78 is 12.3. The highest BCUT2D eigenvalue weighted by molar-refractivity contribution is 6.31. The van der Waals surface area contributed by atoms with Crippen molar-refractivity contribution in [1.29, 1.82) is 0 Å². The highest BCUT2D eigenvalue weighted by Gasteiger charge is 2.08. The molecule has 1 heterocycles. The van der Waals surface area contributed by atoms with Crippen molar-refractivity contribution >= 4 is 17.3 Å². The minimum absolute atomic E-state index is 0.0648. The summed E-state index contributed by atoms with van der Waals surface area (Å²) in [6.45, 7) is 4.47. The van der Waals surface area contributed by atoms with Crippen LogP contribution in [0.3, 0.4) is 0 Å². The van der Waals surface area contributed by atoms with Crippen LogP contribution in [0.4, 0.5) is 10.1 Å². The number of benzene rings is 1. The summed E-state index contributed by atoms with van der Waals surface area (Å²) in [5, 5.41) is 0.0648. The van der Waals surface area contributed by atoms with Gasteiger partial charge in [-0.1, -0.05) is 11.6 Å². The summed E-state index contributed by atoms with van der Waals surface area (Å²) in [6, 6.07) is 4.07. The standard InChI is InChI=1S/C6H5ClFN.C6H14N2/c7-5-3-4(9)1-2-6(5)8;7-3-6-8-4-1-2-5-8/h1-3H,9H2;1-7H2. The topological polar surface area (TPSA) is 55.3 Å². The van der Waals surface area contributed by atoms with Gasteiger partial charge in [0.1, 0.15) is 5.82 Å². The number of halogens is 2. The van der Waals surface area contributed by atoms with E-state index in [0.717, 1.165) is 13.1 Å². The predicted molar refractivity (Wildman–Crippen MR) is 70.6 cm³/mol. The summed E-state index contributed by atoms with van der Waals surface area (Å²) in [4.78, 5) is 2.42. The third-order valence-corrected chi connectivity index (χ3v) is 2.88. The van der Waals surface area contributed by atoms with Crippen LogP contribution in [0.1, 0.15) is 12.8 Å². The van der Waals surface area contributed by atoms with Crippen molar-refractivity contribution in [2.75, 3.05) is 31.9 Å². The molecule has 0 radical (unpaired) electrons. The van der Waals surface area contributed by atoms with Gasteiger partial charge in [0.2, 0.25) is 0 Å². The predicted octanol–water partition coefficient (Wildman–Crippen LogP) is 2.10. The van der Waals surface area contributed by atoms with Crippen LogP contribution in [0.15, 0.2) is 18.2 Å². The second-order valence-corrected chi connectivity index (χ2v) is 4.42. The number of nitrogens with two attached hydrogens (primary N) is 2. The number of rotatable bonds is 2. The molecule has 5 heteroatoms. The van der Waals surface area contributed by atoms with Gasteiger partial charge in [-0.05, 0) is 44.1 Å². The molecule has 96 valence electrons. The largest absolute Gasteiger partial charge is 0.399 e. The Morgan fingerprint density at radius 3 is 2.41 bits per heavy atom. The molecule has 1 saturated heterocycles. The molecule has 3 nitrogen and oxygen atoms in total. The Balaban J connectivity index is 0.000000171. The Kier molecular flexibility index (Phi) is 6.26. The molecule has 1 aromatic rings. The van der Waals surface area contributed by atoms with Crippen LogP contribution in [0.5, 0.6) is 0 Å². The zero-order valence-corrected chi connectivity index (χ0v) is 10.6. The summed E-state index contributed by atoms with van der Waals surface area (Å²) in [5.74, 6) is -0.439. The van der Waals surface area contributed by atoms with E-state index in [1.54, 1.807) is 0 Å². The van der Waals surface area contributed by atoms with E-state index in [1.165, 1.54) is 44.1 Å². The van der Waals surface area contributed by atoms with E-state index in [9.17, 15) is 4.39 Å². The first-order valence-corrected chi connectivity index (χ1v) is 6.14. The van der Waals surface area contributed by atoms with Crippen molar-refractivity contribution in [3.8, 4) is 0 Å². The molecule has 0 spiro atoms. The average Bonchev–Trinajstić information content (AvgIpc) is 2.78. The molecule has 17 heavy (non-hydrogen) atoms. The van der Waals surface area contributed by atoms with Crippen molar-refractivity contribution in [3.05, 3.63) is 29.0 Å². The number of hydrogen-bond acceptors (Lipinski definition) is 3. The normalized spacial score (nSPS) is 15.5. The van der Waals surface area contributed by atoms with Gasteiger partial charge in [-0.3, -0.25) is 0 Å². The van der Waals surface area contributed by atoms with Gasteiger partial charge in [-0.25, -0.2) is 4.39 Å². The Labute approximate surface area is 107 Å². The smallest absolute Gasteiger partial charge is 0.141 e. The third-order valence-electron chi connectivity index (χ3n) is 2.59. The quantitative estimate of drug-likeness (QED) is 0.800. The van der Waals surface area contributed by atoms with Crippen molar-refractivity contribution in [3.63, 3.8) is 0 Å². The second-order valence-electron chi connectivity index (χ2n) is 4.01. The van der Waals surface area contributed by atoms with Crippen molar-refractivity contribution in [2.45, 2.75) is 12.8 Å². The van der Waals surface area contributed by atoms with Gasteiger partial charge in [0.05, 0.1) is 5.02 Å². The third kappa shape index (κ3) is 5.35. The number of hydrogen-bond donors (Lipinski definition) is 2. The lowest BCUT2D eigenvalue weighted by Gasteiger charge is -2.11. The number of nitrogen functional groups attached to an aromatic ring is 1. The second kappa shape index (κ2) is 7.48. The van der Waals surface area contributed by atoms with E-state index in [1.807, 2.05) is 0 Å². The fraction of sp³-hybridized carbons (Fsp3) is 0.500. The Bertz CT molecular complexity index is 341. The van der Waals surface area contributed by atoms with E-state index >= 15 is 0 Å². The molecule has 0 atom stereocenters. The number of likely N-dealkylation sites (tertiary alicyclic amines) is 1. The first-order valence-electron chi connectivity index (χ1n) is 5.76. The minimum Gasteiger partial charge on any atom is -0.399 e. The molecule has 0 amide bonds. The van der Waals surface area contributed by atoms with E-state index < -0.39 is 5.82 Å². The number of nitrogens with zero attached hydrogens (tertiary/aromatic N) is 1. The fourth-order valence-electron chi connectivity index (χ4n) is 1.70. The van der Waals surface area contributed by atoms with Crippen molar-refractivity contribution < 1.29 is 4.39 Å². The van der Waals surface area contributed by atoms with Crippen molar-refractivity contribution in [1.82, 2.24) is 4.90 Å². The highest BCUT2D eigenvalue weighted by Crippen LogP contribution is 2.16.